The number of ether oxygens (including phenoxy) is 1. The monoisotopic (exact) mass is 256 g/mol. The molecular formula is C13H24N2OS. The second-order valence-electron chi connectivity index (χ2n) is 5.69. The molecule has 2 rings (SSSR count). The maximum Gasteiger partial charge on any atom is 0.157 e. The Labute approximate surface area is 109 Å². The molecule has 2 aliphatic heterocycles. The fourth-order valence-electron chi connectivity index (χ4n) is 2.32. The first-order valence-electron chi connectivity index (χ1n) is 6.61. The standard InChI is InChI=1S/C13H24N2OS/c1-9(2)11-5-8-17-12(14-11)15-13(4)6-7-16-10(13)3/h9-11H,5-8H2,1-4H3,(H,14,15). The topological polar surface area (TPSA) is 33.6 Å². The second-order valence-corrected chi connectivity index (χ2v) is 6.77. The lowest BCUT2D eigenvalue weighted by atomic mass is 9.95. The number of amidine groups is 1. The summed E-state index contributed by atoms with van der Waals surface area (Å²) in [5, 5.41) is 4.74. The van der Waals surface area contributed by atoms with E-state index in [1.54, 1.807) is 0 Å². The Hall–Kier alpha value is -0.220. The van der Waals surface area contributed by atoms with Crippen molar-refractivity contribution < 1.29 is 4.74 Å². The van der Waals surface area contributed by atoms with Crippen LogP contribution in [0.1, 0.15) is 40.5 Å². The fraction of sp³-hybridized carbons (Fsp3) is 0.923. The van der Waals surface area contributed by atoms with Crippen molar-refractivity contribution >= 4 is 16.9 Å². The van der Waals surface area contributed by atoms with Gasteiger partial charge in [0.1, 0.15) is 0 Å². The van der Waals surface area contributed by atoms with Crippen LogP contribution in [-0.2, 0) is 4.74 Å². The molecule has 0 aromatic heterocycles. The van der Waals surface area contributed by atoms with Crippen molar-refractivity contribution in [2.45, 2.75) is 58.2 Å². The number of aliphatic imine (C=N–C) groups is 1. The third-order valence-corrected chi connectivity index (χ3v) is 4.90. The molecule has 0 radical (unpaired) electrons. The highest BCUT2D eigenvalue weighted by Crippen LogP contribution is 2.28. The van der Waals surface area contributed by atoms with Crippen LogP contribution in [0.3, 0.4) is 0 Å². The van der Waals surface area contributed by atoms with E-state index in [1.165, 1.54) is 12.2 Å². The van der Waals surface area contributed by atoms with Gasteiger partial charge in [0.15, 0.2) is 5.17 Å². The molecule has 0 spiro atoms. The molecule has 98 valence electrons. The molecule has 0 saturated carbocycles. The fourth-order valence-corrected chi connectivity index (χ4v) is 3.39. The molecule has 1 saturated heterocycles. The van der Waals surface area contributed by atoms with Crippen molar-refractivity contribution in [3.8, 4) is 0 Å². The number of hydrogen-bond donors (Lipinski definition) is 1. The highest BCUT2D eigenvalue weighted by molar-refractivity contribution is 8.13. The van der Waals surface area contributed by atoms with Gasteiger partial charge in [0.25, 0.3) is 0 Å². The molecule has 3 unspecified atom stereocenters. The predicted molar refractivity (Wildman–Crippen MR) is 74.7 cm³/mol. The number of nitrogens with zero attached hydrogens (tertiary/aromatic N) is 1. The van der Waals surface area contributed by atoms with E-state index in [9.17, 15) is 0 Å². The van der Waals surface area contributed by atoms with Crippen molar-refractivity contribution in [1.29, 1.82) is 0 Å². The quantitative estimate of drug-likeness (QED) is 0.824. The molecule has 2 heterocycles. The summed E-state index contributed by atoms with van der Waals surface area (Å²) in [4.78, 5) is 4.84. The van der Waals surface area contributed by atoms with E-state index in [-0.39, 0.29) is 11.6 Å². The Morgan fingerprint density at radius 2 is 2.29 bits per heavy atom. The third-order valence-electron chi connectivity index (χ3n) is 3.98. The van der Waals surface area contributed by atoms with E-state index in [0.29, 0.717) is 12.0 Å². The Balaban J connectivity index is 2.03. The minimum absolute atomic E-state index is 0.0602. The largest absolute Gasteiger partial charge is 0.376 e. The molecule has 3 nitrogen and oxygen atoms in total. The van der Waals surface area contributed by atoms with Crippen molar-refractivity contribution in [2.24, 2.45) is 10.9 Å². The van der Waals surface area contributed by atoms with Gasteiger partial charge >= 0.3 is 0 Å². The zero-order valence-electron chi connectivity index (χ0n) is 11.3. The van der Waals surface area contributed by atoms with Crippen molar-refractivity contribution in [2.75, 3.05) is 12.4 Å². The number of hydrogen-bond acceptors (Lipinski definition) is 4. The maximum atomic E-state index is 5.66. The Morgan fingerprint density at radius 3 is 2.88 bits per heavy atom. The van der Waals surface area contributed by atoms with E-state index in [0.717, 1.165) is 18.2 Å². The van der Waals surface area contributed by atoms with Crippen molar-refractivity contribution in [3.63, 3.8) is 0 Å². The van der Waals surface area contributed by atoms with E-state index in [4.69, 9.17) is 9.73 Å². The van der Waals surface area contributed by atoms with Gasteiger partial charge in [0, 0.05) is 12.4 Å². The zero-order valence-corrected chi connectivity index (χ0v) is 12.1. The molecule has 4 heteroatoms. The number of thioether (sulfide) groups is 1. The molecule has 0 amide bonds. The Kier molecular flexibility index (Phi) is 4.03. The van der Waals surface area contributed by atoms with Crippen LogP contribution in [0.5, 0.6) is 0 Å². The van der Waals surface area contributed by atoms with Gasteiger partial charge in [-0.25, -0.2) is 0 Å². The molecule has 17 heavy (non-hydrogen) atoms. The van der Waals surface area contributed by atoms with Gasteiger partial charge in [-0.15, -0.1) is 0 Å². The van der Waals surface area contributed by atoms with Crippen molar-refractivity contribution in [1.82, 2.24) is 5.32 Å². The first kappa shape index (κ1) is 13.2. The lowest BCUT2D eigenvalue weighted by molar-refractivity contribution is 0.0950. The summed E-state index contributed by atoms with van der Waals surface area (Å²) in [5.41, 5.74) is 0.0602. The molecule has 1 fully saturated rings. The molecule has 2 aliphatic rings. The summed E-state index contributed by atoms with van der Waals surface area (Å²) in [7, 11) is 0. The van der Waals surface area contributed by atoms with Crippen LogP contribution >= 0.6 is 11.8 Å². The van der Waals surface area contributed by atoms with Crippen LogP contribution in [0.4, 0.5) is 0 Å². The van der Waals surface area contributed by atoms with Crippen LogP contribution in [0.25, 0.3) is 0 Å². The van der Waals surface area contributed by atoms with E-state index < -0.39 is 0 Å². The van der Waals surface area contributed by atoms with Gasteiger partial charge in [-0.1, -0.05) is 25.6 Å². The van der Waals surface area contributed by atoms with Gasteiger partial charge in [-0.3, -0.25) is 4.99 Å². The van der Waals surface area contributed by atoms with Crippen LogP contribution in [0.15, 0.2) is 4.99 Å². The Morgan fingerprint density at radius 1 is 1.53 bits per heavy atom. The third kappa shape index (κ3) is 2.97. The lowest BCUT2D eigenvalue weighted by Crippen LogP contribution is -2.50. The van der Waals surface area contributed by atoms with Gasteiger partial charge in [-0.05, 0) is 32.6 Å². The highest BCUT2D eigenvalue weighted by atomic mass is 32.2. The molecular weight excluding hydrogens is 232 g/mol. The van der Waals surface area contributed by atoms with Crippen molar-refractivity contribution in [3.05, 3.63) is 0 Å². The molecule has 0 aliphatic carbocycles. The number of rotatable bonds is 2. The van der Waals surface area contributed by atoms with Crippen LogP contribution < -0.4 is 5.32 Å². The molecule has 0 aromatic carbocycles. The minimum Gasteiger partial charge on any atom is -0.376 e. The smallest absolute Gasteiger partial charge is 0.157 e. The molecule has 0 bridgehead atoms. The summed E-state index contributed by atoms with van der Waals surface area (Å²) in [6.07, 6.45) is 2.54. The summed E-state index contributed by atoms with van der Waals surface area (Å²) in [6.45, 7) is 9.76. The average molecular weight is 256 g/mol. The Bertz CT molecular complexity index is 306. The van der Waals surface area contributed by atoms with Crippen LogP contribution in [0.2, 0.25) is 0 Å². The van der Waals surface area contributed by atoms with Gasteiger partial charge in [-0.2, -0.15) is 0 Å². The van der Waals surface area contributed by atoms with Crippen LogP contribution in [-0.4, -0.2) is 35.2 Å². The van der Waals surface area contributed by atoms with E-state index in [1.807, 2.05) is 11.8 Å². The second kappa shape index (κ2) is 5.19. The van der Waals surface area contributed by atoms with E-state index >= 15 is 0 Å². The van der Waals surface area contributed by atoms with E-state index in [2.05, 4.69) is 33.0 Å². The van der Waals surface area contributed by atoms with Gasteiger partial charge in [0.05, 0.1) is 17.7 Å². The SMILES string of the molecule is CC(C)C1CCSC(NC2(C)CCOC2C)=N1. The predicted octanol–water partition coefficient (Wildman–Crippen LogP) is 2.66. The summed E-state index contributed by atoms with van der Waals surface area (Å²) in [6, 6.07) is 0.486. The average Bonchev–Trinajstić information content (AvgIpc) is 2.59. The summed E-state index contributed by atoms with van der Waals surface area (Å²) in [5.74, 6) is 1.82. The molecule has 0 aromatic rings. The minimum atomic E-state index is 0.0602. The molecule has 3 atom stereocenters. The molecule has 1 N–H and O–H groups in total. The summed E-state index contributed by atoms with van der Waals surface area (Å²) >= 11 is 1.86. The lowest BCUT2D eigenvalue weighted by Gasteiger charge is -2.33. The number of nitrogens with one attached hydrogen (secondary N) is 1. The highest BCUT2D eigenvalue weighted by Gasteiger charge is 2.38. The normalized spacial score (nSPS) is 38.3. The first-order valence-corrected chi connectivity index (χ1v) is 7.60. The summed E-state index contributed by atoms with van der Waals surface area (Å²) < 4.78 is 5.66. The van der Waals surface area contributed by atoms with Gasteiger partial charge in [0.2, 0.25) is 0 Å². The first-order chi connectivity index (χ1) is 8.01. The van der Waals surface area contributed by atoms with Crippen LogP contribution in [0, 0.1) is 5.92 Å². The maximum absolute atomic E-state index is 5.66. The van der Waals surface area contributed by atoms with Gasteiger partial charge < -0.3 is 10.1 Å². The zero-order chi connectivity index (χ0) is 12.5.